The molecular formula is C23H27FN4O. The minimum absolute atomic E-state index is 0.262. The van der Waals surface area contributed by atoms with Crippen LogP contribution < -0.4 is 9.80 Å². The van der Waals surface area contributed by atoms with Crippen molar-refractivity contribution in [1.29, 1.82) is 0 Å². The summed E-state index contributed by atoms with van der Waals surface area (Å²) in [7, 11) is 1.99. The molecule has 152 valence electrons. The fourth-order valence-electron chi connectivity index (χ4n) is 4.75. The van der Waals surface area contributed by atoms with E-state index < -0.39 is 0 Å². The third-order valence-corrected chi connectivity index (χ3v) is 6.32. The molecule has 3 aromatic rings. The molecule has 2 aliphatic heterocycles. The highest BCUT2D eigenvalue weighted by molar-refractivity contribution is 5.81. The zero-order chi connectivity index (χ0) is 19.8. The molecule has 2 fully saturated rings. The molecule has 0 unspecified atom stereocenters. The van der Waals surface area contributed by atoms with Gasteiger partial charge in [-0.2, -0.15) is 0 Å². The third-order valence-electron chi connectivity index (χ3n) is 6.32. The zero-order valence-corrected chi connectivity index (χ0v) is 16.9. The Kier molecular flexibility index (Phi) is 4.87. The maximum atomic E-state index is 13.8. The van der Waals surface area contributed by atoms with E-state index in [9.17, 15) is 4.39 Å². The number of hydrogen-bond acceptors (Lipinski definition) is 4. The second-order valence-electron chi connectivity index (χ2n) is 8.10. The predicted octanol–water partition coefficient (Wildman–Crippen LogP) is 3.93. The van der Waals surface area contributed by atoms with E-state index in [1.807, 2.05) is 11.6 Å². The molecule has 0 atom stereocenters. The van der Waals surface area contributed by atoms with Crippen molar-refractivity contribution < 1.29 is 9.13 Å². The molecule has 0 aliphatic carbocycles. The van der Waals surface area contributed by atoms with Crippen molar-refractivity contribution >= 4 is 22.4 Å². The number of hydrogen-bond donors (Lipinski definition) is 0. The van der Waals surface area contributed by atoms with Crippen molar-refractivity contribution in [3.63, 3.8) is 0 Å². The number of rotatable bonds is 3. The van der Waals surface area contributed by atoms with Crippen molar-refractivity contribution in [2.75, 3.05) is 49.2 Å². The third kappa shape index (κ3) is 3.57. The van der Waals surface area contributed by atoms with Gasteiger partial charge in [-0.1, -0.05) is 6.07 Å². The van der Waals surface area contributed by atoms with E-state index in [0.717, 1.165) is 63.3 Å². The molecule has 5 rings (SSSR count). The van der Waals surface area contributed by atoms with E-state index in [-0.39, 0.29) is 5.82 Å². The van der Waals surface area contributed by atoms with E-state index >= 15 is 0 Å². The highest BCUT2D eigenvalue weighted by Crippen LogP contribution is 2.35. The number of aromatic nitrogens is 2. The van der Waals surface area contributed by atoms with Crippen molar-refractivity contribution in [2.45, 2.75) is 18.8 Å². The summed E-state index contributed by atoms with van der Waals surface area (Å²) in [4.78, 5) is 9.15. The monoisotopic (exact) mass is 394 g/mol. The van der Waals surface area contributed by atoms with E-state index in [4.69, 9.17) is 4.74 Å². The molecule has 5 nitrogen and oxygen atoms in total. The Balaban J connectivity index is 1.32. The summed E-state index contributed by atoms with van der Waals surface area (Å²) in [6.45, 7) is 5.54. The van der Waals surface area contributed by atoms with Crippen LogP contribution in [0.5, 0.6) is 0 Å². The van der Waals surface area contributed by atoms with Crippen LogP contribution in [0.1, 0.15) is 24.3 Å². The van der Waals surface area contributed by atoms with Gasteiger partial charge in [0.05, 0.1) is 19.4 Å². The molecule has 29 heavy (non-hydrogen) atoms. The van der Waals surface area contributed by atoms with Crippen LogP contribution in [-0.2, 0) is 11.8 Å². The van der Waals surface area contributed by atoms with Crippen LogP contribution in [0.2, 0.25) is 0 Å². The maximum Gasteiger partial charge on any atom is 0.142 e. The molecule has 0 amide bonds. The van der Waals surface area contributed by atoms with Crippen LogP contribution in [0, 0.1) is 5.82 Å². The second kappa shape index (κ2) is 7.67. The Hall–Kier alpha value is -2.60. The molecule has 0 bridgehead atoms. The molecule has 1 aromatic carbocycles. The largest absolute Gasteiger partial charge is 0.378 e. The minimum Gasteiger partial charge on any atom is -0.378 e. The molecule has 4 heterocycles. The Morgan fingerprint density at radius 1 is 1.00 bits per heavy atom. The fourth-order valence-corrected chi connectivity index (χ4v) is 4.75. The van der Waals surface area contributed by atoms with Gasteiger partial charge in [-0.15, -0.1) is 0 Å². The summed E-state index contributed by atoms with van der Waals surface area (Å²) >= 11 is 0. The van der Waals surface area contributed by atoms with E-state index in [1.54, 1.807) is 6.07 Å². The zero-order valence-electron chi connectivity index (χ0n) is 16.9. The molecule has 2 aliphatic rings. The highest BCUT2D eigenvalue weighted by Gasteiger charge is 2.24. The Labute approximate surface area is 170 Å². The molecule has 2 saturated heterocycles. The van der Waals surface area contributed by atoms with Crippen LogP contribution in [0.3, 0.4) is 0 Å². The smallest absolute Gasteiger partial charge is 0.142 e. The van der Waals surface area contributed by atoms with E-state index in [0.29, 0.717) is 5.92 Å². The summed E-state index contributed by atoms with van der Waals surface area (Å²) in [6.07, 6.45) is 5.57. The SMILES string of the molecule is Cn1cc(C2CCN(c3cccc(N4CCOCC4)c3)CC2)c2cc(F)cnc21. The first kappa shape index (κ1) is 18.4. The summed E-state index contributed by atoms with van der Waals surface area (Å²) in [5.74, 6) is 0.184. The van der Waals surface area contributed by atoms with Crippen molar-refractivity contribution in [3.05, 3.63) is 54.1 Å². The summed E-state index contributed by atoms with van der Waals surface area (Å²) in [6, 6.07) is 10.5. The Bertz CT molecular complexity index is 1000. The lowest BCUT2D eigenvalue weighted by molar-refractivity contribution is 0.122. The first-order chi connectivity index (χ1) is 14.2. The van der Waals surface area contributed by atoms with Gasteiger partial charge in [0, 0.05) is 56.2 Å². The Morgan fingerprint density at radius 2 is 1.69 bits per heavy atom. The fraction of sp³-hybridized carbons (Fsp3) is 0.435. The van der Waals surface area contributed by atoms with Crippen LogP contribution >= 0.6 is 0 Å². The van der Waals surface area contributed by atoms with Gasteiger partial charge in [-0.05, 0) is 48.6 Å². The van der Waals surface area contributed by atoms with Crippen LogP contribution in [0.4, 0.5) is 15.8 Å². The minimum atomic E-state index is -0.262. The summed E-state index contributed by atoms with van der Waals surface area (Å²) < 4.78 is 21.3. The Morgan fingerprint density at radius 3 is 2.41 bits per heavy atom. The van der Waals surface area contributed by atoms with Crippen LogP contribution in [0.25, 0.3) is 11.0 Å². The highest BCUT2D eigenvalue weighted by atomic mass is 19.1. The van der Waals surface area contributed by atoms with Gasteiger partial charge in [-0.3, -0.25) is 0 Å². The number of benzene rings is 1. The standard InChI is InChI=1S/C23H27FN4O/c1-26-16-22(21-13-18(24)15-25-23(21)26)17-5-7-27(8-6-17)19-3-2-4-20(14-19)28-9-11-29-12-10-28/h2-4,13-17H,5-12H2,1H3. The van der Waals surface area contributed by atoms with Crippen molar-refractivity contribution in [3.8, 4) is 0 Å². The number of morpholine rings is 1. The molecule has 0 saturated carbocycles. The number of pyridine rings is 1. The number of halogens is 1. The van der Waals surface area contributed by atoms with E-state index in [2.05, 4.69) is 45.2 Å². The molecular weight excluding hydrogens is 367 g/mol. The lowest BCUT2D eigenvalue weighted by Crippen LogP contribution is -2.36. The van der Waals surface area contributed by atoms with Crippen LogP contribution in [0.15, 0.2) is 42.7 Å². The van der Waals surface area contributed by atoms with Gasteiger partial charge in [0.1, 0.15) is 11.5 Å². The normalized spacial score (nSPS) is 18.6. The predicted molar refractivity (Wildman–Crippen MR) is 114 cm³/mol. The van der Waals surface area contributed by atoms with Gasteiger partial charge in [-0.25, -0.2) is 9.37 Å². The second-order valence-corrected chi connectivity index (χ2v) is 8.10. The van der Waals surface area contributed by atoms with Crippen LogP contribution in [-0.4, -0.2) is 48.9 Å². The van der Waals surface area contributed by atoms with Crippen molar-refractivity contribution in [1.82, 2.24) is 9.55 Å². The van der Waals surface area contributed by atoms with E-state index in [1.165, 1.54) is 23.1 Å². The number of nitrogens with zero attached hydrogens (tertiary/aromatic N) is 4. The van der Waals surface area contributed by atoms with Gasteiger partial charge < -0.3 is 19.1 Å². The van der Waals surface area contributed by atoms with Gasteiger partial charge >= 0.3 is 0 Å². The molecule has 2 aromatic heterocycles. The number of piperidine rings is 1. The van der Waals surface area contributed by atoms with Gasteiger partial charge in [0.25, 0.3) is 0 Å². The number of anilines is 2. The molecule has 0 N–H and O–H groups in total. The summed E-state index contributed by atoms with van der Waals surface area (Å²) in [5.41, 5.74) is 4.67. The molecule has 0 radical (unpaired) electrons. The topological polar surface area (TPSA) is 33.5 Å². The first-order valence-electron chi connectivity index (χ1n) is 10.5. The number of fused-ring (bicyclic) bond motifs is 1. The average molecular weight is 394 g/mol. The first-order valence-corrected chi connectivity index (χ1v) is 10.5. The number of ether oxygens (including phenoxy) is 1. The van der Waals surface area contributed by atoms with Gasteiger partial charge in [0.15, 0.2) is 0 Å². The average Bonchev–Trinajstić information content (AvgIpc) is 3.10. The van der Waals surface area contributed by atoms with Gasteiger partial charge in [0.2, 0.25) is 0 Å². The number of aryl methyl sites for hydroxylation is 1. The quantitative estimate of drug-likeness (QED) is 0.674. The van der Waals surface area contributed by atoms with Crippen molar-refractivity contribution in [2.24, 2.45) is 7.05 Å². The maximum absolute atomic E-state index is 13.8. The lowest BCUT2D eigenvalue weighted by atomic mass is 9.89. The molecule has 6 heteroatoms. The summed E-state index contributed by atoms with van der Waals surface area (Å²) in [5, 5.41) is 0.959. The molecule has 0 spiro atoms. The lowest BCUT2D eigenvalue weighted by Gasteiger charge is -2.35.